The fourth-order valence-corrected chi connectivity index (χ4v) is 4.24. The van der Waals surface area contributed by atoms with Crippen molar-refractivity contribution in [3.63, 3.8) is 0 Å². The summed E-state index contributed by atoms with van der Waals surface area (Å²) in [5.74, 6) is 0.413. The van der Waals surface area contributed by atoms with Crippen LogP contribution in [-0.2, 0) is 10.8 Å². The number of anilines is 2. The van der Waals surface area contributed by atoms with Crippen LogP contribution in [0.15, 0.2) is 30.9 Å². The molecule has 1 saturated heterocycles. The maximum Gasteiger partial charge on any atom is 0.263 e. The molecule has 146 valence electrons. The summed E-state index contributed by atoms with van der Waals surface area (Å²) in [6, 6.07) is 1.65. The van der Waals surface area contributed by atoms with Crippen molar-refractivity contribution in [2.45, 2.75) is 18.9 Å². The van der Waals surface area contributed by atoms with Gasteiger partial charge in [-0.25, -0.2) is 13.9 Å². The van der Waals surface area contributed by atoms with E-state index in [0.717, 1.165) is 16.9 Å². The van der Waals surface area contributed by atoms with Crippen molar-refractivity contribution in [1.29, 1.82) is 0 Å². The molecule has 1 aliphatic rings. The third-order valence-corrected chi connectivity index (χ3v) is 5.74. The van der Waals surface area contributed by atoms with E-state index < -0.39 is 22.5 Å². The third kappa shape index (κ3) is 3.65. The maximum atomic E-state index is 13.3. The molecule has 0 unspecified atom stereocenters. The number of hydrogen-bond donors (Lipinski definition) is 2. The largest absolute Gasteiger partial charge is 0.488 e. The summed E-state index contributed by atoms with van der Waals surface area (Å²) in [7, 11) is -0.790. The molecule has 0 bridgehead atoms. The molecule has 3 aromatic rings. The Morgan fingerprint density at radius 2 is 2.14 bits per heavy atom. The van der Waals surface area contributed by atoms with Gasteiger partial charge in [0.1, 0.15) is 23.1 Å². The topological polar surface area (TPSA) is 124 Å². The smallest absolute Gasteiger partial charge is 0.263 e. The summed E-state index contributed by atoms with van der Waals surface area (Å²) < 4.78 is 31.9. The summed E-state index contributed by atoms with van der Waals surface area (Å²) in [5.41, 5.74) is 6.36. The number of aromatic nitrogens is 4. The molecule has 0 radical (unpaired) electrons. The van der Waals surface area contributed by atoms with Gasteiger partial charge in [-0.05, 0) is 12.8 Å². The Balaban J connectivity index is 1.57. The number of ether oxygens (including phenoxy) is 1. The Hall–Kier alpha value is -3.08. The summed E-state index contributed by atoms with van der Waals surface area (Å²) >= 11 is 0. The predicted molar refractivity (Wildman–Crippen MR) is 101 cm³/mol. The lowest BCUT2D eigenvalue weighted by Gasteiger charge is -2.23. The van der Waals surface area contributed by atoms with Crippen LogP contribution < -0.4 is 15.8 Å². The average molecular weight is 404 g/mol. The molecule has 1 fully saturated rings. The molecule has 0 aromatic carbocycles. The van der Waals surface area contributed by atoms with Gasteiger partial charge in [0.2, 0.25) is 0 Å². The summed E-state index contributed by atoms with van der Waals surface area (Å²) in [4.78, 5) is 20.7. The zero-order valence-electron chi connectivity index (χ0n) is 14.7. The van der Waals surface area contributed by atoms with Crippen molar-refractivity contribution in [3.05, 3.63) is 42.2 Å². The molecule has 0 atom stereocenters. The van der Waals surface area contributed by atoms with E-state index in [9.17, 15) is 13.4 Å². The van der Waals surface area contributed by atoms with Crippen LogP contribution in [0.3, 0.4) is 0 Å². The van der Waals surface area contributed by atoms with Crippen LogP contribution in [0.25, 0.3) is 5.65 Å². The normalized spacial score (nSPS) is 19.5. The molecule has 11 heteroatoms. The second-order valence-corrected chi connectivity index (χ2v) is 7.99. The highest BCUT2D eigenvalue weighted by molar-refractivity contribution is 7.85. The molecule has 4 rings (SSSR count). The summed E-state index contributed by atoms with van der Waals surface area (Å²) in [6.07, 6.45) is 6.36. The minimum Gasteiger partial charge on any atom is -0.488 e. The van der Waals surface area contributed by atoms with Gasteiger partial charge in [0.25, 0.3) is 5.91 Å². The standard InChI is InChI=1S/C17H17FN6O3S/c18-10-7-21-16-14(15(19)23-24(16)9-10)17(25)22-12-8-20-4-1-13(12)27-11-2-5-28(26)6-3-11/h1,4,7-9,11H,2-3,5-6H2,(H2,19,23)(H,22,25). The van der Waals surface area contributed by atoms with Crippen molar-refractivity contribution in [2.24, 2.45) is 0 Å². The number of carbonyl (C=O) groups is 1. The molecule has 28 heavy (non-hydrogen) atoms. The number of nitrogen functional groups attached to an aromatic ring is 1. The number of nitrogens with two attached hydrogens (primary N) is 1. The molecule has 4 heterocycles. The van der Waals surface area contributed by atoms with Crippen molar-refractivity contribution < 1.29 is 18.1 Å². The number of nitrogens with one attached hydrogen (secondary N) is 1. The molecule has 9 nitrogen and oxygen atoms in total. The Labute approximate surface area is 161 Å². The number of hydrogen-bond acceptors (Lipinski definition) is 7. The van der Waals surface area contributed by atoms with Gasteiger partial charge >= 0.3 is 0 Å². The van der Waals surface area contributed by atoms with E-state index in [4.69, 9.17) is 10.5 Å². The SMILES string of the molecule is Nc1nn2cc(F)cnc2c1C(=O)Nc1cnccc1OC1CCS(=O)CC1. The fourth-order valence-electron chi connectivity index (χ4n) is 2.98. The van der Waals surface area contributed by atoms with Crippen LogP contribution in [-0.4, -0.2) is 47.3 Å². The Morgan fingerprint density at radius 1 is 1.36 bits per heavy atom. The molecule has 1 amide bonds. The first kappa shape index (κ1) is 18.3. The fraction of sp³-hybridized carbons (Fsp3) is 0.294. The van der Waals surface area contributed by atoms with Gasteiger partial charge in [0.05, 0.1) is 18.6 Å². The van der Waals surface area contributed by atoms with E-state index in [1.165, 1.54) is 6.20 Å². The van der Waals surface area contributed by atoms with E-state index in [1.807, 2.05) is 0 Å². The zero-order valence-corrected chi connectivity index (χ0v) is 15.5. The quantitative estimate of drug-likeness (QED) is 0.673. The molecule has 3 aromatic heterocycles. The minimum atomic E-state index is -0.790. The molecular formula is C17H17FN6O3S. The van der Waals surface area contributed by atoms with E-state index in [-0.39, 0.29) is 23.1 Å². The lowest BCUT2D eigenvalue weighted by atomic mass is 10.2. The number of pyridine rings is 1. The maximum absolute atomic E-state index is 13.3. The molecule has 1 aliphatic heterocycles. The molecule has 0 saturated carbocycles. The Kier molecular flexibility index (Phi) is 4.90. The second-order valence-electron chi connectivity index (χ2n) is 6.29. The summed E-state index contributed by atoms with van der Waals surface area (Å²) in [5, 5.41) is 6.62. The van der Waals surface area contributed by atoms with Crippen LogP contribution in [0.1, 0.15) is 23.2 Å². The highest BCUT2D eigenvalue weighted by Crippen LogP contribution is 2.28. The number of nitrogens with zero attached hydrogens (tertiary/aromatic N) is 4. The number of rotatable bonds is 4. The molecule has 0 aliphatic carbocycles. The van der Waals surface area contributed by atoms with Gasteiger partial charge in [0.15, 0.2) is 17.3 Å². The molecular weight excluding hydrogens is 387 g/mol. The van der Waals surface area contributed by atoms with Crippen molar-refractivity contribution in [1.82, 2.24) is 19.6 Å². The predicted octanol–water partition coefficient (Wildman–Crippen LogP) is 1.39. The average Bonchev–Trinajstić information content (AvgIpc) is 3.00. The van der Waals surface area contributed by atoms with Crippen LogP contribution in [0.4, 0.5) is 15.9 Å². The second kappa shape index (κ2) is 7.50. The highest BCUT2D eigenvalue weighted by atomic mass is 32.2. The van der Waals surface area contributed by atoms with Crippen LogP contribution in [0, 0.1) is 5.82 Å². The van der Waals surface area contributed by atoms with Gasteiger partial charge in [-0.3, -0.25) is 14.0 Å². The number of amides is 1. The van der Waals surface area contributed by atoms with Gasteiger partial charge in [-0.15, -0.1) is 5.10 Å². The van der Waals surface area contributed by atoms with Gasteiger partial charge in [0, 0.05) is 34.6 Å². The van der Waals surface area contributed by atoms with Gasteiger partial charge < -0.3 is 15.8 Å². The van der Waals surface area contributed by atoms with E-state index in [2.05, 4.69) is 20.4 Å². The Bertz CT molecular complexity index is 1060. The number of fused-ring (bicyclic) bond motifs is 1. The zero-order chi connectivity index (χ0) is 19.7. The first-order chi connectivity index (χ1) is 13.5. The minimum absolute atomic E-state index is 0.0304. The van der Waals surface area contributed by atoms with Crippen molar-refractivity contribution in [2.75, 3.05) is 22.6 Å². The number of halogens is 1. The lowest BCUT2D eigenvalue weighted by Crippen LogP contribution is -2.28. The summed E-state index contributed by atoms with van der Waals surface area (Å²) in [6.45, 7) is 0. The van der Waals surface area contributed by atoms with Crippen LogP contribution in [0.5, 0.6) is 5.75 Å². The van der Waals surface area contributed by atoms with E-state index >= 15 is 0 Å². The Morgan fingerprint density at radius 3 is 2.93 bits per heavy atom. The van der Waals surface area contributed by atoms with Crippen LogP contribution in [0.2, 0.25) is 0 Å². The molecule has 0 spiro atoms. The lowest BCUT2D eigenvalue weighted by molar-refractivity contribution is 0.102. The van der Waals surface area contributed by atoms with E-state index in [1.54, 1.807) is 12.3 Å². The first-order valence-electron chi connectivity index (χ1n) is 8.57. The number of carbonyl (C=O) groups excluding carboxylic acids is 1. The van der Waals surface area contributed by atoms with Crippen molar-refractivity contribution in [3.8, 4) is 5.75 Å². The molecule has 3 N–H and O–H groups in total. The monoisotopic (exact) mass is 404 g/mol. The van der Waals surface area contributed by atoms with Gasteiger partial charge in [-0.1, -0.05) is 0 Å². The van der Waals surface area contributed by atoms with Gasteiger partial charge in [-0.2, -0.15) is 0 Å². The van der Waals surface area contributed by atoms with Crippen LogP contribution >= 0.6 is 0 Å². The first-order valence-corrected chi connectivity index (χ1v) is 10.1. The van der Waals surface area contributed by atoms with E-state index in [0.29, 0.717) is 35.8 Å². The third-order valence-electron chi connectivity index (χ3n) is 4.35. The highest BCUT2D eigenvalue weighted by Gasteiger charge is 2.23. The van der Waals surface area contributed by atoms with Crippen molar-refractivity contribution >= 4 is 33.9 Å².